The zero-order valence-corrected chi connectivity index (χ0v) is 19.0. The molecule has 0 N–H and O–H groups in total. The molecule has 1 atom stereocenters. The molecule has 170 valence electrons. The van der Waals surface area contributed by atoms with Gasteiger partial charge in [-0.2, -0.15) is 0 Å². The van der Waals surface area contributed by atoms with Gasteiger partial charge in [-0.25, -0.2) is 17.7 Å². The molecule has 1 aromatic heterocycles. The summed E-state index contributed by atoms with van der Waals surface area (Å²) < 4.78 is 38.2. The van der Waals surface area contributed by atoms with Crippen LogP contribution in [0.5, 0.6) is 0 Å². The number of rotatable bonds is 7. The molecule has 0 bridgehead atoms. The molecule has 0 aliphatic carbocycles. The zero-order valence-electron chi connectivity index (χ0n) is 18.2. The van der Waals surface area contributed by atoms with E-state index in [1.54, 1.807) is 24.9 Å². The van der Waals surface area contributed by atoms with E-state index < -0.39 is 22.1 Å². The lowest BCUT2D eigenvalue weighted by molar-refractivity contribution is -0.160. The van der Waals surface area contributed by atoms with Crippen molar-refractivity contribution in [3.63, 3.8) is 0 Å². The van der Waals surface area contributed by atoms with Gasteiger partial charge in [0.1, 0.15) is 5.82 Å². The quantitative estimate of drug-likeness (QED) is 0.564. The van der Waals surface area contributed by atoms with Crippen LogP contribution >= 0.6 is 0 Å². The highest BCUT2D eigenvalue weighted by molar-refractivity contribution is 7.89. The van der Waals surface area contributed by atoms with E-state index in [1.807, 2.05) is 4.57 Å². The van der Waals surface area contributed by atoms with Gasteiger partial charge in [0.2, 0.25) is 10.0 Å². The van der Waals surface area contributed by atoms with Crippen molar-refractivity contribution in [2.75, 3.05) is 40.4 Å². The second-order valence-corrected chi connectivity index (χ2v) is 9.75. The molecule has 1 aliphatic rings. The maximum Gasteiger partial charge on any atom is 0.307 e. The number of carbonyl (C=O) groups excluding carboxylic acids is 2. The molecule has 1 fully saturated rings. The molecule has 3 rings (SSSR count). The molecule has 10 nitrogen and oxygen atoms in total. The molecule has 0 radical (unpaired) electrons. The third-order valence-corrected chi connectivity index (χ3v) is 7.07. The number of hydrogen-bond donors (Lipinski definition) is 0. The predicted octanol–water partition coefficient (Wildman–Crippen LogP) is 0.547. The smallest absolute Gasteiger partial charge is 0.307 e. The van der Waals surface area contributed by atoms with Crippen LogP contribution in [0.1, 0.15) is 19.2 Å². The van der Waals surface area contributed by atoms with Crippen LogP contribution in [0.4, 0.5) is 0 Å². The van der Waals surface area contributed by atoms with Crippen LogP contribution < -0.4 is 0 Å². The first-order valence-electron chi connectivity index (χ1n) is 10.0. The first kappa shape index (κ1) is 23.2. The van der Waals surface area contributed by atoms with Crippen LogP contribution in [0, 0.1) is 0 Å². The molecular weight excluding hydrogens is 424 g/mol. The molecule has 2 aromatic rings. The lowest BCUT2D eigenvalue weighted by Crippen LogP contribution is -2.46. The topological polar surface area (TPSA) is 111 Å². The van der Waals surface area contributed by atoms with Crippen molar-refractivity contribution in [2.45, 2.75) is 30.8 Å². The molecule has 1 saturated heterocycles. The second-order valence-electron chi connectivity index (χ2n) is 7.59. The van der Waals surface area contributed by atoms with Gasteiger partial charge in [-0.05, 0) is 25.1 Å². The molecule has 1 aliphatic heterocycles. The fourth-order valence-corrected chi connectivity index (χ4v) is 4.31. The Morgan fingerprint density at radius 3 is 2.58 bits per heavy atom. The van der Waals surface area contributed by atoms with Crippen molar-refractivity contribution in [2.24, 2.45) is 7.05 Å². The number of aromatic nitrogens is 2. The number of morpholine rings is 1. The van der Waals surface area contributed by atoms with Gasteiger partial charge in [0.05, 0.1) is 35.6 Å². The molecule has 1 unspecified atom stereocenters. The molecule has 31 heavy (non-hydrogen) atoms. The number of sulfonamides is 1. The maximum absolute atomic E-state index is 12.4. The average Bonchev–Trinajstić information content (AvgIpc) is 3.07. The van der Waals surface area contributed by atoms with Gasteiger partial charge in [0.15, 0.2) is 6.10 Å². The number of nitrogens with zero attached hydrogens (tertiary/aromatic N) is 4. The van der Waals surface area contributed by atoms with Crippen molar-refractivity contribution >= 4 is 32.9 Å². The van der Waals surface area contributed by atoms with Gasteiger partial charge in [-0.15, -0.1) is 0 Å². The number of imidazole rings is 1. The Hall–Kier alpha value is -2.50. The van der Waals surface area contributed by atoms with E-state index in [1.165, 1.54) is 26.2 Å². The molecule has 0 saturated carbocycles. The number of fused-ring (bicyclic) bond motifs is 1. The monoisotopic (exact) mass is 452 g/mol. The summed E-state index contributed by atoms with van der Waals surface area (Å²) in [4.78, 5) is 30.9. The highest BCUT2D eigenvalue weighted by Crippen LogP contribution is 2.22. The van der Waals surface area contributed by atoms with Crippen LogP contribution in [0.25, 0.3) is 11.0 Å². The Bertz CT molecular complexity index is 1070. The minimum Gasteiger partial charge on any atom is -0.453 e. The Balaban J connectivity index is 1.64. The zero-order chi connectivity index (χ0) is 22.8. The van der Waals surface area contributed by atoms with E-state index in [9.17, 15) is 18.0 Å². The molecule has 11 heteroatoms. The number of carbonyl (C=O) groups is 2. The summed E-state index contributed by atoms with van der Waals surface area (Å²) in [5, 5.41) is 0. The number of hydrogen-bond acceptors (Lipinski definition) is 7. The lowest BCUT2D eigenvalue weighted by atomic mass is 10.2. The molecular formula is C20H28N4O6S. The van der Waals surface area contributed by atoms with Crippen molar-refractivity contribution in [3.05, 3.63) is 24.0 Å². The van der Waals surface area contributed by atoms with E-state index in [-0.39, 0.29) is 17.2 Å². The Morgan fingerprint density at radius 2 is 1.94 bits per heavy atom. The standard InChI is InChI=1S/C20H28N4O6S/c1-14(20(26)24-9-11-29-12-10-24)30-19(25)8-7-18-21-16-13-15(31(27,28)22(2)3)5-6-17(16)23(18)4/h5-6,13-14H,7-12H2,1-4H3. The first-order chi connectivity index (χ1) is 14.6. The average molecular weight is 453 g/mol. The summed E-state index contributed by atoms with van der Waals surface area (Å²) in [5.74, 6) is -0.0930. The molecule has 1 amide bonds. The minimum absolute atomic E-state index is 0.0563. The van der Waals surface area contributed by atoms with Crippen LogP contribution in [0.2, 0.25) is 0 Å². The van der Waals surface area contributed by atoms with Gasteiger partial charge in [0, 0.05) is 40.7 Å². The Kier molecular flexibility index (Phi) is 6.97. The summed E-state index contributed by atoms with van der Waals surface area (Å²) in [7, 11) is 1.19. The van der Waals surface area contributed by atoms with Crippen LogP contribution in [-0.2, 0) is 42.6 Å². The highest BCUT2D eigenvalue weighted by Gasteiger charge is 2.25. The summed E-state index contributed by atoms with van der Waals surface area (Å²) in [6, 6.07) is 4.76. The number of aryl methyl sites for hydroxylation is 2. The van der Waals surface area contributed by atoms with Gasteiger partial charge < -0.3 is 18.9 Å². The van der Waals surface area contributed by atoms with Gasteiger partial charge >= 0.3 is 5.97 Å². The number of amides is 1. The predicted molar refractivity (Wildman–Crippen MR) is 113 cm³/mol. The SMILES string of the molecule is CC(OC(=O)CCc1nc2cc(S(=O)(=O)N(C)C)ccc2n1C)C(=O)N1CCOCC1. The van der Waals surface area contributed by atoms with Crippen LogP contribution in [-0.4, -0.2) is 85.6 Å². The summed E-state index contributed by atoms with van der Waals surface area (Å²) in [5.41, 5.74) is 1.29. The summed E-state index contributed by atoms with van der Waals surface area (Å²) >= 11 is 0. The summed E-state index contributed by atoms with van der Waals surface area (Å²) in [6.07, 6.45) is -0.497. The van der Waals surface area contributed by atoms with Crippen molar-refractivity contribution in [1.29, 1.82) is 0 Å². The lowest BCUT2D eigenvalue weighted by Gasteiger charge is -2.28. The van der Waals surface area contributed by atoms with Gasteiger partial charge in [0.25, 0.3) is 5.91 Å². The third-order valence-electron chi connectivity index (χ3n) is 5.25. The third kappa shape index (κ3) is 5.05. The second kappa shape index (κ2) is 9.33. The van der Waals surface area contributed by atoms with E-state index in [2.05, 4.69) is 4.98 Å². The fourth-order valence-electron chi connectivity index (χ4n) is 3.39. The maximum atomic E-state index is 12.4. The van der Waals surface area contributed by atoms with Gasteiger partial charge in [-0.3, -0.25) is 9.59 Å². The normalized spacial score (nSPS) is 16.0. The van der Waals surface area contributed by atoms with E-state index in [0.29, 0.717) is 44.1 Å². The van der Waals surface area contributed by atoms with Crippen molar-refractivity contribution in [3.8, 4) is 0 Å². The Morgan fingerprint density at radius 1 is 1.26 bits per heavy atom. The minimum atomic E-state index is -3.56. The van der Waals surface area contributed by atoms with Gasteiger partial charge in [-0.1, -0.05) is 0 Å². The molecule has 1 aromatic carbocycles. The molecule has 2 heterocycles. The largest absolute Gasteiger partial charge is 0.453 e. The van der Waals surface area contributed by atoms with Crippen molar-refractivity contribution in [1.82, 2.24) is 18.8 Å². The fraction of sp³-hybridized carbons (Fsp3) is 0.550. The highest BCUT2D eigenvalue weighted by atomic mass is 32.2. The first-order valence-corrected chi connectivity index (χ1v) is 11.5. The van der Waals surface area contributed by atoms with Crippen molar-refractivity contribution < 1.29 is 27.5 Å². The number of esters is 1. The number of ether oxygens (including phenoxy) is 2. The van der Waals surface area contributed by atoms with Crippen LogP contribution in [0.15, 0.2) is 23.1 Å². The van der Waals surface area contributed by atoms with E-state index in [0.717, 1.165) is 9.82 Å². The van der Waals surface area contributed by atoms with E-state index in [4.69, 9.17) is 9.47 Å². The van der Waals surface area contributed by atoms with Crippen LogP contribution in [0.3, 0.4) is 0 Å². The Labute approximate surface area is 181 Å². The molecule has 0 spiro atoms. The number of benzene rings is 1. The van der Waals surface area contributed by atoms with E-state index >= 15 is 0 Å². The summed E-state index contributed by atoms with van der Waals surface area (Å²) in [6.45, 7) is 3.52.